The number of aliphatic hydroxyl groups excluding tert-OH is 1. The number of fused-ring (bicyclic) bond motifs is 1. The average Bonchev–Trinajstić information content (AvgIpc) is 2.83. The Morgan fingerprint density at radius 1 is 1.17 bits per heavy atom. The van der Waals surface area contributed by atoms with Crippen molar-refractivity contribution in [1.29, 1.82) is 0 Å². The van der Waals surface area contributed by atoms with Gasteiger partial charge in [0, 0.05) is 18.1 Å². The summed E-state index contributed by atoms with van der Waals surface area (Å²) < 4.78 is 5.76. The first-order valence-electron chi connectivity index (χ1n) is 7.16. The number of ether oxygens (including phenoxy) is 1. The van der Waals surface area contributed by atoms with Gasteiger partial charge in [0.15, 0.2) is 0 Å². The average molecular weight is 246 g/mol. The number of hydrogen-bond acceptors (Lipinski definition) is 2. The Bertz CT molecular complexity index is 407. The van der Waals surface area contributed by atoms with E-state index in [9.17, 15) is 5.11 Å². The Morgan fingerprint density at radius 2 is 1.94 bits per heavy atom. The van der Waals surface area contributed by atoms with Crippen LogP contribution in [-0.2, 0) is 0 Å². The Labute approximate surface area is 109 Å². The van der Waals surface area contributed by atoms with E-state index in [0.717, 1.165) is 18.8 Å². The number of rotatable bonds is 3. The zero-order valence-corrected chi connectivity index (χ0v) is 10.9. The van der Waals surface area contributed by atoms with Gasteiger partial charge in [-0.1, -0.05) is 37.5 Å². The molecule has 1 atom stereocenters. The third-order valence-electron chi connectivity index (χ3n) is 4.73. The first-order chi connectivity index (χ1) is 8.83. The van der Waals surface area contributed by atoms with Crippen molar-refractivity contribution in [1.82, 2.24) is 0 Å². The van der Waals surface area contributed by atoms with E-state index in [2.05, 4.69) is 18.2 Å². The predicted molar refractivity (Wildman–Crippen MR) is 71.9 cm³/mol. The molecule has 1 saturated carbocycles. The lowest BCUT2D eigenvalue weighted by Crippen LogP contribution is -2.30. The van der Waals surface area contributed by atoms with Gasteiger partial charge in [-0.25, -0.2) is 0 Å². The quantitative estimate of drug-likeness (QED) is 0.884. The SMILES string of the molecule is OCC1(CC2COc3ccccc32)CCCCC1. The fraction of sp³-hybridized carbons (Fsp3) is 0.625. The van der Waals surface area contributed by atoms with Crippen LogP contribution in [0.4, 0.5) is 0 Å². The van der Waals surface area contributed by atoms with Gasteiger partial charge >= 0.3 is 0 Å². The normalized spacial score (nSPS) is 25.5. The van der Waals surface area contributed by atoms with Crippen LogP contribution in [0.25, 0.3) is 0 Å². The highest BCUT2D eigenvalue weighted by molar-refractivity contribution is 5.39. The summed E-state index contributed by atoms with van der Waals surface area (Å²) in [6, 6.07) is 8.36. The van der Waals surface area contributed by atoms with Crippen LogP contribution in [0.1, 0.15) is 50.0 Å². The lowest BCUT2D eigenvalue weighted by molar-refractivity contribution is 0.0634. The lowest BCUT2D eigenvalue weighted by Gasteiger charge is -2.37. The maximum atomic E-state index is 9.81. The van der Waals surface area contributed by atoms with Crippen molar-refractivity contribution in [2.75, 3.05) is 13.2 Å². The number of benzene rings is 1. The van der Waals surface area contributed by atoms with E-state index in [-0.39, 0.29) is 5.41 Å². The largest absolute Gasteiger partial charge is 0.493 e. The van der Waals surface area contributed by atoms with Crippen molar-refractivity contribution >= 4 is 0 Å². The fourth-order valence-corrected chi connectivity index (χ4v) is 3.65. The van der Waals surface area contributed by atoms with Crippen LogP contribution in [0.15, 0.2) is 24.3 Å². The summed E-state index contributed by atoms with van der Waals surface area (Å²) in [4.78, 5) is 0. The van der Waals surface area contributed by atoms with Crippen LogP contribution >= 0.6 is 0 Å². The monoisotopic (exact) mass is 246 g/mol. The Hall–Kier alpha value is -1.02. The molecule has 1 aromatic rings. The maximum Gasteiger partial charge on any atom is 0.122 e. The smallest absolute Gasteiger partial charge is 0.122 e. The van der Waals surface area contributed by atoms with Crippen molar-refractivity contribution in [3.8, 4) is 5.75 Å². The summed E-state index contributed by atoms with van der Waals surface area (Å²) in [5, 5.41) is 9.81. The minimum atomic E-state index is 0.156. The van der Waals surface area contributed by atoms with E-state index in [0.29, 0.717) is 12.5 Å². The molecule has 1 N–H and O–H groups in total. The van der Waals surface area contributed by atoms with Gasteiger partial charge in [0.2, 0.25) is 0 Å². The van der Waals surface area contributed by atoms with Gasteiger partial charge in [0.25, 0.3) is 0 Å². The molecule has 1 unspecified atom stereocenters. The molecule has 18 heavy (non-hydrogen) atoms. The van der Waals surface area contributed by atoms with Gasteiger partial charge in [0.05, 0.1) is 6.61 Å². The molecule has 1 aliphatic heterocycles. The lowest BCUT2D eigenvalue weighted by atomic mass is 9.69. The third kappa shape index (κ3) is 2.14. The molecule has 0 radical (unpaired) electrons. The summed E-state index contributed by atoms with van der Waals surface area (Å²) in [7, 11) is 0. The zero-order chi connectivity index (χ0) is 12.4. The van der Waals surface area contributed by atoms with Crippen molar-refractivity contribution in [3.63, 3.8) is 0 Å². The molecule has 2 heteroatoms. The van der Waals surface area contributed by atoms with E-state index in [4.69, 9.17) is 4.74 Å². The van der Waals surface area contributed by atoms with E-state index in [1.54, 1.807) is 0 Å². The van der Waals surface area contributed by atoms with Crippen molar-refractivity contribution in [3.05, 3.63) is 29.8 Å². The number of hydrogen-bond donors (Lipinski definition) is 1. The van der Waals surface area contributed by atoms with Crippen LogP contribution in [0.3, 0.4) is 0 Å². The molecule has 0 saturated heterocycles. The van der Waals surface area contributed by atoms with Gasteiger partial charge in [-0.3, -0.25) is 0 Å². The van der Waals surface area contributed by atoms with Crippen molar-refractivity contribution in [2.24, 2.45) is 5.41 Å². The van der Waals surface area contributed by atoms with E-state index >= 15 is 0 Å². The molecule has 1 fully saturated rings. The first-order valence-corrected chi connectivity index (χ1v) is 7.16. The molecule has 0 aromatic heterocycles. The van der Waals surface area contributed by atoms with Crippen LogP contribution in [0, 0.1) is 5.41 Å². The van der Waals surface area contributed by atoms with E-state index in [1.165, 1.54) is 37.7 Å². The molecule has 1 aliphatic carbocycles. The van der Waals surface area contributed by atoms with Crippen LogP contribution in [-0.4, -0.2) is 18.3 Å². The second-order valence-electron chi connectivity index (χ2n) is 5.97. The molecule has 98 valence electrons. The van der Waals surface area contributed by atoms with Gasteiger partial charge in [-0.05, 0) is 30.7 Å². The molecule has 0 spiro atoms. The zero-order valence-electron chi connectivity index (χ0n) is 10.9. The van der Waals surface area contributed by atoms with Crippen LogP contribution in [0.2, 0.25) is 0 Å². The summed E-state index contributed by atoms with van der Waals surface area (Å²) in [5.74, 6) is 1.53. The van der Waals surface area contributed by atoms with E-state index < -0.39 is 0 Å². The number of para-hydroxylation sites is 1. The standard InChI is InChI=1S/C16H22O2/c17-12-16(8-4-1-5-9-16)10-13-11-18-15-7-3-2-6-14(13)15/h2-3,6-7,13,17H,1,4-5,8-12H2. The van der Waals surface area contributed by atoms with E-state index in [1.807, 2.05) is 6.07 Å². The highest BCUT2D eigenvalue weighted by Crippen LogP contribution is 2.46. The number of aliphatic hydroxyl groups is 1. The summed E-state index contributed by atoms with van der Waals surface area (Å²) in [6.45, 7) is 1.13. The molecule has 0 bridgehead atoms. The predicted octanol–water partition coefficient (Wildman–Crippen LogP) is 3.50. The van der Waals surface area contributed by atoms with Gasteiger partial charge in [0.1, 0.15) is 5.75 Å². The molecule has 2 nitrogen and oxygen atoms in total. The van der Waals surface area contributed by atoms with Crippen LogP contribution < -0.4 is 4.74 Å². The highest BCUT2D eigenvalue weighted by atomic mass is 16.5. The molecule has 0 amide bonds. The first kappa shape index (κ1) is 12.0. The Balaban J connectivity index is 1.77. The molecule has 1 aromatic carbocycles. The fourth-order valence-electron chi connectivity index (χ4n) is 3.65. The molecule has 1 heterocycles. The summed E-state index contributed by atoms with van der Waals surface area (Å²) in [5.41, 5.74) is 1.50. The molecule has 3 rings (SSSR count). The molecule has 2 aliphatic rings. The van der Waals surface area contributed by atoms with Gasteiger partial charge in [-0.2, -0.15) is 0 Å². The molecular formula is C16H22O2. The van der Waals surface area contributed by atoms with Crippen molar-refractivity contribution < 1.29 is 9.84 Å². The summed E-state index contributed by atoms with van der Waals surface area (Å²) >= 11 is 0. The second kappa shape index (κ2) is 4.93. The van der Waals surface area contributed by atoms with Crippen molar-refractivity contribution in [2.45, 2.75) is 44.4 Å². The summed E-state index contributed by atoms with van der Waals surface area (Å²) in [6.07, 6.45) is 7.33. The Morgan fingerprint density at radius 3 is 2.72 bits per heavy atom. The van der Waals surface area contributed by atoms with Gasteiger partial charge in [-0.15, -0.1) is 0 Å². The van der Waals surface area contributed by atoms with Gasteiger partial charge < -0.3 is 9.84 Å². The second-order valence-corrected chi connectivity index (χ2v) is 5.97. The minimum absolute atomic E-state index is 0.156. The topological polar surface area (TPSA) is 29.5 Å². The third-order valence-corrected chi connectivity index (χ3v) is 4.73. The minimum Gasteiger partial charge on any atom is -0.493 e. The van der Waals surface area contributed by atoms with Crippen LogP contribution in [0.5, 0.6) is 5.75 Å². The maximum absolute atomic E-state index is 9.81. The highest BCUT2D eigenvalue weighted by Gasteiger charge is 2.37. The Kier molecular flexibility index (Phi) is 3.29. The molecular weight excluding hydrogens is 224 g/mol.